The molecule has 2 aromatic rings. The lowest BCUT2D eigenvalue weighted by Gasteiger charge is -2.20. The highest BCUT2D eigenvalue weighted by Gasteiger charge is 2.29. The number of hydrogen-bond donors (Lipinski definition) is 2. The van der Waals surface area contributed by atoms with E-state index in [9.17, 15) is 14.7 Å². The number of carbonyl (C=O) groups excluding carboxylic acids is 1. The molecule has 0 atom stereocenters. The maximum Gasteiger partial charge on any atom is 0.413 e. The Kier molecular flexibility index (Phi) is 5.35. The van der Waals surface area contributed by atoms with Gasteiger partial charge in [-0.15, -0.1) is 0 Å². The first kappa shape index (κ1) is 19.4. The summed E-state index contributed by atoms with van der Waals surface area (Å²) in [5.74, 6) is -0.539. The summed E-state index contributed by atoms with van der Waals surface area (Å²) in [4.78, 5) is 27.8. The van der Waals surface area contributed by atoms with Gasteiger partial charge >= 0.3 is 12.1 Å². The molecule has 1 amide bonds. The minimum atomic E-state index is -1.01. The number of anilines is 1. The van der Waals surface area contributed by atoms with Crippen LogP contribution in [0.25, 0.3) is 11.3 Å². The highest BCUT2D eigenvalue weighted by atomic mass is 16.6. The lowest BCUT2D eigenvalue weighted by Crippen LogP contribution is -2.28. The van der Waals surface area contributed by atoms with Crippen molar-refractivity contribution in [3.63, 3.8) is 0 Å². The summed E-state index contributed by atoms with van der Waals surface area (Å²) in [5.41, 5.74) is 0.460. The Balaban J connectivity index is 2.28. The molecule has 0 saturated heterocycles. The van der Waals surface area contributed by atoms with Crippen LogP contribution < -0.4 is 5.32 Å². The molecule has 0 fully saturated rings. The van der Waals surface area contributed by atoms with Crippen molar-refractivity contribution in [2.24, 2.45) is 0 Å². The molecule has 6 nitrogen and oxygen atoms in total. The normalized spacial score (nSPS) is 11.7. The number of carbonyl (C=O) groups is 2. The van der Waals surface area contributed by atoms with Crippen molar-refractivity contribution in [1.82, 2.24) is 4.98 Å². The van der Waals surface area contributed by atoms with Gasteiger partial charge in [-0.2, -0.15) is 0 Å². The number of aliphatic carboxylic acids is 1. The lowest BCUT2D eigenvalue weighted by atomic mass is 9.84. The summed E-state index contributed by atoms with van der Waals surface area (Å²) in [6, 6.07) is 12.5. The van der Waals surface area contributed by atoms with Crippen LogP contribution in [0.3, 0.4) is 0 Å². The summed E-state index contributed by atoms with van der Waals surface area (Å²) < 4.78 is 5.22. The molecule has 138 valence electrons. The van der Waals surface area contributed by atoms with Gasteiger partial charge in [0.1, 0.15) is 11.4 Å². The number of carboxylic acids is 1. The molecule has 1 heterocycles. The van der Waals surface area contributed by atoms with E-state index in [1.807, 2.05) is 6.07 Å². The number of nitrogens with zero attached hydrogens (tertiary/aromatic N) is 1. The zero-order valence-electron chi connectivity index (χ0n) is 15.7. The Morgan fingerprint density at radius 3 is 2.31 bits per heavy atom. The first-order chi connectivity index (χ1) is 12.0. The third-order valence-corrected chi connectivity index (χ3v) is 3.79. The molecule has 26 heavy (non-hydrogen) atoms. The largest absolute Gasteiger partial charge is 0.481 e. The molecule has 0 saturated carbocycles. The van der Waals surface area contributed by atoms with Crippen molar-refractivity contribution >= 4 is 17.9 Å². The second-order valence-electron chi connectivity index (χ2n) is 7.55. The number of pyridine rings is 1. The second kappa shape index (κ2) is 7.15. The molecule has 6 heteroatoms. The molecule has 0 spiro atoms. The molecule has 0 bridgehead atoms. The molecular weight excluding hydrogens is 332 g/mol. The molecule has 2 N–H and O–H groups in total. The van der Waals surface area contributed by atoms with Crippen LogP contribution in [-0.4, -0.2) is 27.8 Å². The van der Waals surface area contributed by atoms with Gasteiger partial charge in [0.25, 0.3) is 0 Å². The van der Waals surface area contributed by atoms with Crippen LogP contribution in [0.1, 0.15) is 40.2 Å². The average molecular weight is 356 g/mol. The van der Waals surface area contributed by atoms with Gasteiger partial charge in [-0.05, 0) is 58.4 Å². The maximum absolute atomic E-state index is 11.9. The number of aromatic nitrogens is 1. The van der Waals surface area contributed by atoms with E-state index in [4.69, 9.17) is 4.74 Å². The number of amides is 1. The van der Waals surface area contributed by atoms with Gasteiger partial charge in [0.05, 0.1) is 11.1 Å². The Labute approximate surface area is 153 Å². The molecule has 1 aromatic heterocycles. The predicted molar refractivity (Wildman–Crippen MR) is 100 cm³/mol. The minimum absolute atomic E-state index is 0.361. The minimum Gasteiger partial charge on any atom is -0.481 e. The summed E-state index contributed by atoms with van der Waals surface area (Å²) in [6.45, 7) is 8.66. The van der Waals surface area contributed by atoms with E-state index < -0.39 is 23.1 Å². The van der Waals surface area contributed by atoms with Crippen LogP contribution in [0.2, 0.25) is 0 Å². The van der Waals surface area contributed by atoms with Crippen molar-refractivity contribution in [3.05, 3.63) is 48.0 Å². The summed E-state index contributed by atoms with van der Waals surface area (Å²) in [6.07, 6.45) is -0.581. The van der Waals surface area contributed by atoms with Gasteiger partial charge in [-0.3, -0.25) is 10.1 Å². The number of benzene rings is 1. The van der Waals surface area contributed by atoms with Crippen LogP contribution in [-0.2, 0) is 14.9 Å². The van der Waals surface area contributed by atoms with Gasteiger partial charge in [-0.1, -0.05) is 24.3 Å². The van der Waals surface area contributed by atoms with Crippen LogP contribution in [0, 0.1) is 0 Å². The highest BCUT2D eigenvalue weighted by molar-refractivity contribution is 5.84. The fraction of sp³-hybridized carbons (Fsp3) is 0.350. The van der Waals surface area contributed by atoms with E-state index in [-0.39, 0.29) is 0 Å². The van der Waals surface area contributed by atoms with E-state index >= 15 is 0 Å². The first-order valence-electron chi connectivity index (χ1n) is 8.30. The Bertz CT molecular complexity index is 823. The quantitative estimate of drug-likeness (QED) is 0.844. The monoisotopic (exact) mass is 356 g/mol. The zero-order chi connectivity index (χ0) is 19.5. The summed E-state index contributed by atoms with van der Waals surface area (Å²) >= 11 is 0. The molecular formula is C20H24N2O4. The van der Waals surface area contributed by atoms with Crippen molar-refractivity contribution in [1.29, 1.82) is 0 Å². The second-order valence-corrected chi connectivity index (χ2v) is 7.55. The van der Waals surface area contributed by atoms with Gasteiger partial charge in [0, 0.05) is 5.56 Å². The molecule has 0 aliphatic rings. The van der Waals surface area contributed by atoms with Gasteiger partial charge in [0.15, 0.2) is 0 Å². The molecule has 0 unspecified atom stereocenters. The molecule has 0 aliphatic carbocycles. The summed E-state index contributed by atoms with van der Waals surface area (Å²) in [5, 5.41) is 12.0. The fourth-order valence-electron chi connectivity index (χ4n) is 2.26. The van der Waals surface area contributed by atoms with Crippen LogP contribution >= 0.6 is 0 Å². The predicted octanol–water partition coefficient (Wildman–Crippen LogP) is 4.46. The van der Waals surface area contributed by atoms with E-state index in [1.165, 1.54) is 0 Å². The molecule has 0 radical (unpaired) electrons. The smallest absolute Gasteiger partial charge is 0.413 e. The number of nitrogens with one attached hydrogen (secondary N) is 1. The standard InChI is InChI=1S/C20H24N2O4/c1-19(2,3)26-18(25)22-16-11-7-10-15(21-16)13-8-6-9-14(12-13)20(4,5)17(23)24/h6-12H,1-5H3,(H,23,24)(H,21,22,25). The van der Waals surface area contributed by atoms with Crippen molar-refractivity contribution in [2.75, 3.05) is 5.32 Å². The fourth-order valence-corrected chi connectivity index (χ4v) is 2.26. The van der Waals surface area contributed by atoms with E-state index in [0.29, 0.717) is 17.1 Å². The number of hydrogen-bond acceptors (Lipinski definition) is 4. The molecule has 2 rings (SSSR count). The Morgan fingerprint density at radius 2 is 1.69 bits per heavy atom. The molecule has 1 aromatic carbocycles. The van der Waals surface area contributed by atoms with E-state index in [1.54, 1.807) is 71.0 Å². The van der Waals surface area contributed by atoms with E-state index in [2.05, 4.69) is 10.3 Å². The Morgan fingerprint density at radius 1 is 1.04 bits per heavy atom. The highest BCUT2D eigenvalue weighted by Crippen LogP contribution is 2.28. The number of rotatable bonds is 4. The molecule has 0 aliphatic heterocycles. The zero-order valence-corrected chi connectivity index (χ0v) is 15.7. The third-order valence-electron chi connectivity index (χ3n) is 3.79. The van der Waals surface area contributed by atoms with Crippen LogP contribution in [0.5, 0.6) is 0 Å². The number of carboxylic acid groups (broad SMARTS) is 1. The maximum atomic E-state index is 11.9. The first-order valence-corrected chi connectivity index (χ1v) is 8.30. The topological polar surface area (TPSA) is 88.5 Å². The van der Waals surface area contributed by atoms with Crippen LogP contribution in [0.15, 0.2) is 42.5 Å². The number of ether oxygens (including phenoxy) is 1. The van der Waals surface area contributed by atoms with Gasteiger partial charge in [0.2, 0.25) is 0 Å². The third kappa shape index (κ3) is 4.81. The SMILES string of the molecule is CC(C)(C)OC(=O)Nc1cccc(-c2cccc(C(C)(C)C(=O)O)c2)n1. The van der Waals surface area contributed by atoms with Crippen molar-refractivity contribution < 1.29 is 19.4 Å². The van der Waals surface area contributed by atoms with Crippen molar-refractivity contribution in [3.8, 4) is 11.3 Å². The van der Waals surface area contributed by atoms with Crippen molar-refractivity contribution in [2.45, 2.75) is 45.6 Å². The van der Waals surface area contributed by atoms with Crippen LogP contribution in [0.4, 0.5) is 10.6 Å². The Hall–Kier alpha value is -2.89. The summed E-state index contributed by atoms with van der Waals surface area (Å²) in [7, 11) is 0. The lowest BCUT2D eigenvalue weighted by molar-refractivity contribution is -0.142. The van der Waals surface area contributed by atoms with Gasteiger partial charge in [-0.25, -0.2) is 9.78 Å². The van der Waals surface area contributed by atoms with E-state index in [0.717, 1.165) is 5.56 Å². The average Bonchev–Trinajstić information content (AvgIpc) is 2.53. The van der Waals surface area contributed by atoms with Gasteiger partial charge < -0.3 is 9.84 Å².